The Labute approximate surface area is 713 Å². The van der Waals surface area contributed by atoms with Crippen molar-refractivity contribution in [2.45, 2.75) is 55.4 Å². The number of hydrogen-bond donors (Lipinski definition) is 0. The molecule has 0 unspecified atom stereocenters. The monoisotopic (exact) mass is 1700 g/mol. The maximum atomic E-state index is 2.58. The third kappa shape index (κ3) is 10.5. The highest BCUT2D eigenvalue weighted by molar-refractivity contribution is 7.39. The number of aromatic nitrogens is 4. The van der Waals surface area contributed by atoms with Crippen LogP contribution >= 0.6 is 136 Å². The zero-order valence-corrected chi connectivity index (χ0v) is 73.6. The minimum absolute atomic E-state index is 1.22. The average Bonchev–Trinajstić information content (AvgIpc) is 1.53. The van der Waals surface area contributed by atoms with Crippen LogP contribution in [0.1, 0.15) is 44.5 Å². The summed E-state index contributed by atoms with van der Waals surface area (Å²) >= 11 is 23.4. The highest BCUT2D eigenvalue weighted by Gasteiger charge is 2.31. The van der Waals surface area contributed by atoms with Gasteiger partial charge in [0.25, 0.3) is 0 Å². The van der Waals surface area contributed by atoms with Crippen LogP contribution in [0.2, 0.25) is 0 Å². The second-order valence-corrected chi connectivity index (χ2v) is 44.0. The molecule has 556 valence electrons. The van der Waals surface area contributed by atoms with Gasteiger partial charge in [0.2, 0.25) is 0 Å². The van der Waals surface area contributed by atoms with Crippen LogP contribution in [0.15, 0.2) is 243 Å². The molecule has 16 aromatic heterocycles. The molecule has 16 heteroatoms. The molecule has 0 atom stereocenters. The second kappa shape index (κ2) is 25.7. The molecule has 0 N–H and O–H groups in total. The SMILES string of the molecule is Cc1ccc(-c2cc3sc4c5sc6cc7c(cc6c5n(-c5ccc(C)cc5)c4c3s2)sc2c3sc4cc(-c5ccc(C)cc5)sc4c3n(-c3ccc(C)cc3)c72)cc1.Cc1ccc(-n2c3cc(-c4cc5ccc(C)cc5s4)sc3c3sc4cc5c(cc4c32)sc2c3sc(-c4cc6ccc(C)cc6s4)cc3n(-c3ccc(C)cc3)c52)cc1. The van der Waals surface area contributed by atoms with Crippen LogP contribution in [0.4, 0.5) is 0 Å². The first-order valence-corrected chi connectivity index (χ1v) is 48.6. The summed E-state index contributed by atoms with van der Waals surface area (Å²) in [6, 6.07) is 92.5. The van der Waals surface area contributed by atoms with Crippen molar-refractivity contribution in [3.8, 4) is 63.1 Å². The molecule has 0 saturated carbocycles. The van der Waals surface area contributed by atoms with E-state index in [4.69, 9.17) is 0 Å². The molecule has 0 bridgehead atoms. The number of rotatable bonds is 8. The predicted octanol–water partition coefficient (Wildman–Crippen LogP) is 34.9. The van der Waals surface area contributed by atoms with Crippen molar-refractivity contribution in [3.05, 3.63) is 287 Å². The molecular weight excluding hydrogens is 1640 g/mol. The van der Waals surface area contributed by atoms with Gasteiger partial charge < -0.3 is 18.3 Å². The molecule has 0 radical (unpaired) electrons. The summed E-state index contributed by atoms with van der Waals surface area (Å²) in [5.41, 5.74) is 28.4. The number of benzene rings is 10. The van der Waals surface area contributed by atoms with E-state index in [0.717, 1.165) is 0 Å². The van der Waals surface area contributed by atoms with Crippen molar-refractivity contribution in [2.24, 2.45) is 0 Å². The van der Waals surface area contributed by atoms with Gasteiger partial charge in [0, 0.05) is 111 Å². The van der Waals surface area contributed by atoms with Crippen LogP contribution < -0.4 is 0 Å². The van der Waals surface area contributed by atoms with Crippen molar-refractivity contribution in [1.82, 2.24) is 18.3 Å². The third-order valence-corrected chi connectivity index (χ3v) is 38.3. The molecule has 16 heterocycles. The Morgan fingerprint density at radius 1 is 0.172 bits per heavy atom. The van der Waals surface area contributed by atoms with Crippen molar-refractivity contribution >= 4 is 297 Å². The summed E-state index contributed by atoms with van der Waals surface area (Å²) in [6.07, 6.45) is 0. The Morgan fingerprint density at radius 2 is 0.440 bits per heavy atom. The Balaban J connectivity index is 0.000000130. The Hall–Kier alpha value is -10.1. The Bertz CT molecular complexity index is 8120. The van der Waals surface area contributed by atoms with E-state index >= 15 is 0 Å². The van der Waals surface area contributed by atoms with E-state index in [2.05, 4.69) is 316 Å². The van der Waals surface area contributed by atoms with Crippen LogP contribution in [0, 0.1) is 55.4 Å². The first kappa shape index (κ1) is 69.0. The predicted molar refractivity (Wildman–Crippen MR) is 524 cm³/mol. The van der Waals surface area contributed by atoms with Crippen LogP contribution in [-0.4, -0.2) is 18.3 Å². The number of aryl methyl sites for hydroxylation is 8. The molecule has 0 spiro atoms. The molecule has 10 aromatic carbocycles. The Morgan fingerprint density at radius 3 is 0.784 bits per heavy atom. The zero-order chi connectivity index (χ0) is 77.1. The van der Waals surface area contributed by atoms with Crippen molar-refractivity contribution in [1.29, 1.82) is 0 Å². The summed E-state index contributed by atoms with van der Waals surface area (Å²) in [4.78, 5) is 8.04. The van der Waals surface area contributed by atoms with Gasteiger partial charge >= 0.3 is 0 Å². The quantitative estimate of drug-likeness (QED) is 0.144. The third-order valence-electron chi connectivity index (χ3n) is 23.3. The van der Waals surface area contributed by atoms with Gasteiger partial charge in [0.15, 0.2) is 0 Å². The topological polar surface area (TPSA) is 19.7 Å². The van der Waals surface area contributed by atoms with Crippen LogP contribution in [0.3, 0.4) is 0 Å². The molecule has 0 aliphatic heterocycles. The maximum absolute atomic E-state index is 2.58. The normalized spacial score (nSPS) is 12.5. The van der Waals surface area contributed by atoms with Gasteiger partial charge in [0.1, 0.15) is 0 Å². The molecule has 0 aliphatic rings. The van der Waals surface area contributed by atoms with Crippen LogP contribution in [-0.2, 0) is 0 Å². The minimum atomic E-state index is 1.22. The second-order valence-electron chi connectivity index (χ2n) is 31.3. The van der Waals surface area contributed by atoms with Gasteiger partial charge in [-0.05, 0) is 210 Å². The van der Waals surface area contributed by atoms with Crippen molar-refractivity contribution in [3.63, 3.8) is 0 Å². The van der Waals surface area contributed by atoms with E-state index in [0.29, 0.717) is 0 Å². The average molecular weight is 1710 g/mol. The van der Waals surface area contributed by atoms with Gasteiger partial charge in [-0.1, -0.05) is 155 Å². The first-order valence-electron chi connectivity index (χ1n) is 38.8. The van der Waals surface area contributed by atoms with Gasteiger partial charge in [-0.2, -0.15) is 0 Å². The minimum Gasteiger partial charge on any atom is -0.307 e. The summed E-state index contributed by atoms with van der Waals surface area (Å²) < 4.78 is 34.9. The fourth-order valence-electron chi connectivity index (χ4n) is 17.5. The zero-order valence-electron chi connectivity index (χ0n) is 63.8. The summed E-state index contributed by atoms with van der Waals surface area (Å²) in [6.45, 7) is 17.4. The highest BCUT2D eigenvalue weighted by atomic mass is 32.1. The van der Waals surface area contributed by atoms with E-state index < -0.39 is 0 Å². The molecule has 26 rings (SSSR count). The lowest BCUT2D eigenvalue weighted by Gasteiger charge is -2.09. The lowest BCUT2D eigenvalue weighted by molar-refractivity contribution is 1.18. The van der Waals surface area contributed by atoms with Gasteiger partial charge in [-0.15, -0.1) is 136 Å². The summed E-state index contributed by atoms with van der Waals surface area (Å²) in [5.74, 6) is 0. The van der Waals surface area contributed by atoms with Crippen LogP contribution in [0.25, 0.3) is 224 Å². The number of fused-ring (bicyclic) bond motifs is 26. The molecule has 116 heavy (non-hydrogen) atoms. The molecule has 0 fully saturated rings. The fourth-order valence-corrected chi connectivity index (χ4v) is 32.8. The van der Waals surface area contributed by atoms with E-state index in [9.17, 15) is 0 Å². The maximum Gasteiger partial charge on any atom is 0.0837 e. The smallest absolute Gasteiger partial charge is 0.0837 e. The standard InChI is InChI=1S/2C50H32N2S6/c1-25-5-13-29(14-6-25)35-23-39-45(53-35)43-49(57-39)47-41(51(43)31-17-9-27(3)10-18-31)33-21-38-34(22-37(33)55-47)42-48(56-38)50-44(52(42)32-19-11-28(4)12-20-32)46-40(58-50)24-36(54-46)30-15-7-26(2)8-16-30;1-25-7-13-31(14-8-25)51-35-23-43(41-19-29-11-5-27(3)17-37(29)53-41)57-47(35)49-45(51)33-21-40-34(22-39(33)55-49)46-50(56-40)48-36(52(46)32-15-9-26(2)10-16-32)24-44(58-48)42-20-30-12-6-28(4)18-38(30)54-42/h2*5-24H,1-4H3. The van der Waals surface area contributed by atoms with E-state index in [1.54, 1.807) is 0 Å². The summed E-state index contributed by atoms with van der Waals surface area (Å²) in [5, 5.41) is 8.01. The van der Waals surface area contributed by atoms with E-state index in [1.807, 2.05) is 136 Å². The molecule has 4 nitrogen and oxygen atoms in total. The van der Waals surface area contributed by atoms with Gasteiger partial charge in [0.05, 0.1) is 91.1 Å². The van der Waals surface area contributed by atoms with Crippen molar-refractivity contribution in [2.75, 3.05) is 0 Å². The number of hydrogen-bond acceptors (Lipinski definition) is 12. The molecule has 0 aliphatic carbocycles. The van der Waals surface area contributed by atoms with Gasteiger partial charge in [-0.25, -0.2) is 0 Å². The Kier molecular flexibility index (Phi) is 15.3. The lowest BCUT2D eigenvalue weighted by Crippen LogP contribution is -1.93. The summed E-state index contributed by atoms with van der Waals surface area (Å²) in [7, 11) is 0. The largest absolute Gasteiger partial charge is 0.307 e. The number of thiophene rings is 12. The first-order chi connectivity index (χ1) is 56.6. The molecule has 0 amide bonds. The van der Waals surface area contributed by atoms with Gasteiger partial charge in [-0.3, -0.25) is 0 Å². The lowest BCUT2D eigenvalue weighted by atomic mass is 10.1. The van der Waals surface area contributed by atoms with E-state index in [-0.39, 0.29) is 0 Å². The number of nitrogens with zero attached hydrogens (tertiary/aromatic N) is 4. The fraction of sp³-hybridized carbons (Fsp3) is 0.0800. The van der Waals surface area contributed by atoms with Crippen molar-refractivity contribution < 1.29 is 0 Å². The molecular formula is C100H64N4S12. The van der Waals surface area contributed by atoms with Crippen LogP contribution in [0.5, 0.6) is 0 Å². The molecule has 26 aromatic rings. The molecule has 0 saturated heterocycles. The highest BCUT2D eigenvalue weighted by Crippen LogP contribution is 2.58. The van der Waals surface area contributed by atoms with E-state index in [1.165, 1.54) is 269 Å².